The molecule has 1 amide bonds. The standard InChI is InChI=1S/C19H14ClF8N5OS/c1-32-16(12(18(23,24)25)13(31-32)17(21,22)19(26,27)28)33-7-9(6-30-33)11-4-10(14(20)35-11)15(34)29-5-8-2-3-8/h4,6-8H,2-3,5H2,1H3,(H,29,34). The lowest BCUT2D eigenvalue weighted by Gasteiger charge is -2.19. The highest BCUT2D eigenvalue weighted by atomic mass is 35.5. The van der Waals surface area contributed by atoms with Gasteiger partial charge in [0, 0.05) is 30.2 Å². The van der Waals surface area contributed by atoms with Crippen molar-refractivity contribution in [3.05, 3.63) is 39.6 Å². The molecule has 190 valence electrons. The van der Waals surface area contributed by atoms with E-state index in [1.807, 2.05) is 0 Å². The molecule has 0 aliphatic heterocycles. The number of aryl methyl sites for hydroxylation is 1. The lowest BCUT2D eigenvalue weighted by Crippen LogP contribution is -2.36. The van der Waals surface area contributed by atoms with Crippen molar-refractivity contribution in [2.45, 2.75) is 31.1 Å². The fraction of sp³-hybridized carbons (Fsp3) is 0.421. The van der Waals surface area contributed by atoms with Gasteiger partial charge in [0.1, 0.15) is 9.90 Å². The fourth-order valence-electron chi connectivity index (χ4n) is 3.28. The summed E-state index contributed by atoms with van der Waals surface area (Å²) in [7, 11) is 0.784. The highest BCUT2D eigenvalue weighted by Gasteiger charge is 2.64. The van der Waals surface area contributed by atoms with Crippen molar-refractivity contribution in [1.82, 2.24) is 24.9 Å². The van der Waals surface area contributed by atoms with Gasteiger partial charge >= 0.3 is 18.3 Å². The molecule has 3 heterocycles. The Balaban J connectivity index is 1.72. The topological polar surface area (TPSA) is 64.7 Å². The molecule has 1 saturated carbocycles. The summed E-state index contributed by atoms with van der Waals surface area (Å²) in [6.45, 7) is 0.476. The molecule has 35 heavy (non-hydrogen) atoms. The molecule has 1 aliphatic carbocycles. The van der Waals surface area contributed by atoms with Crippen molar-refractivity contribution < 1.29 is 39.9 Å². The van der Waals surface area contributed by atoms with Crippen LogP contribution in [0.15, 0.2) is 18.5 Å². The van der Waals surface area contributed by atoms with Crippen molar-refractivity contribution in [2.75, 3.05) is 6.54 Å². The highest BCUT2D eigenvalue weighted by molar-refractivity contribution is 7.19. The fourth-order valence-corrected chi connectivity index (χ4v) is 4.52. The Bertz CT molecular complexity index is 1270. The van der Waals surface area contributed by atoms with E-state index >= 15 is 0 Å². The van der Waals surface area contributed by atoms with E-state index in [0.717, 1.165) is 43.6 Å². The van der Waals surface area contributed by atoms with Gasteiger partial charge in [0.2, 0.25) is 0 Å². The zero-order valence-corrected chi connectivity index (χ0v) is 19.0. The van der Waals surface area contributed by atoms with Crippen molar-refractivity contribution in [1.29, 1.82) is 0 Å². The predicted octanol–water partition coefficient (Wildman–Crippen LogP) is 5.80. The van der Waals surface area contributed by atoms with E-state index in [0.29, 0.717) is 22.0 Å². The molecule has 1 fully saturated rings. The first-order chi connectivity index (χ1) is 16.1. The first kappa shape index (κ1) is 25.4. The number of hydrogen-bond donors (Lipinski definition) is 1. The summed E-state index contributed by atoms with van der Waals surface area (Å²) >= 11 is 7.05. The van der Waals surface area contributed by atoms with E-state index in [4.69, 9.17) is 11.6 Å². The third-order valence-electron chi connectivity index (χ3n) is 5.22. The van der Waals surface area contributed by atoms with Gasteiger partial charge in [-0.25, -0.2) is 9.36 Å². The number of rotatable bonds is 6. The van der Waals surface area contributed by atoms with Gasteiger partial charge in [0.25, 0.3) is 5.91 Å². The molecule has 0 saturated heterocycles. The van der Waals surface area contributed by atoms with E-state index in [1.165, 1.54) is 6.07 Å². The quantitative estimate of drug-likeness (QED) is 0.397. The Labute approximate surface area is 200 Å². The molecule has 4 rings (SSSR count). The molecule has 1 aliphatic rings. The lowest BCUT2D eigenvalue weighted by molar-refractivity contribution is -0.292. The number of carbonyl (C=O) groups is 1. The SMILES string of the molecule is Cn1nc(C(F)(F)C(F)(F)F)c(C(F)(F)F)c1-n1cc(-c2cc(C(=O)NCC3CC3)c(Cl)s2)cn1. The summed E-state index contributed by atoms with van der Waals surface area (Å²) in [5, 5.41) is 9.27. The average Bonchev–Trinajstić information content (AvgIpc) is 3.11. The van der Waals surface area contributed by atoms with Crippen LogP contribution in [0.3, 0.4) is 0 Å². The van der Waals surface area contributed by atoms with E-state index in [9.17, 15) is 39.9 Å². The first-order valence-corrected chi connectivity index (χ1v) is 11.0. The number of aromatic nitrogens is 4. The summed E-state index contributed by atoms with van der Waals surface area (Å²) in [6.07, 6.45) is -7.87. The molecular formula is C19H14ClF8N5OS. The van der Waals surface area contributed by atoms with Crippen molar-refractivity contribution in [3.8, 4) is 16.3 Å². The third-order valence-corrected chi connectivity index (χ3v) is 6.63. The molecule has 6 nitrogen and oxygen atoms in total. The Morgan fingerprint density at radius 3 is 2.43 bits per heavy atom. The van der Waals surface area contributed by atoms with Gasteiger partial charge < -0.3 is 5.32 Å². The molecule has 3 aromatic rings. The van der Waals surface area contributed by atoms with Gasteiger partial charge in [-0.15, -0.1) is 11.3 Å². The smallest absolute Gasteiger partial charge is 0.352 e. The summed E-state index contributed by atoms with van der Waals surface area (Å²) in [6, 6.07) is 1.38. The molecule has 0 atom stereocenters. The largest absolute Gasteiger partial charge is 0.459 e. The highest BCUT2D eigenvalue weighted by Crippen LogP contribution is 2.49. The van der Waals surface area contributed by atoms with Gasteiger partial charge in [0.15, 0.2) is 11.5 Å². The zero-order valence-electron chi connectivity index (χ0n) is 17.4. The van der Waals surface area contributed by atoms with Crippen LogP contribution in [0.5, 0.6) is 0 Å². The maximum absolute atomic E-state index is 13.9. The van der Waals surface area contributed by atoms with Crippen LogP contribution in [0.1, 0.15) is 34.5 Å². The van der Waals surface area contributed by atoms with Gasteiger partial charge in [-0.3, -0.25) is 4.79 Å². The summed E-state index contributed by atoms with van der Waals surface area (Å²) in [5.41, 5.74) is -4.48. The Kier molecular flexibility index (Phi) is 6.15. The van der Waals surface area contributed by atoms with Crippen LogP contribution in [0, 0.1) is 5.92 Å². The van der Waals surface area contributed by atoms with E-state index in [1.54, 1.807) is 0 Å². The van der Waals surface area contributed by atoms with Crippen LogP contribution in [-0.4, -0.2) is 38.2 Å². The van der Waals surface area contributed by atoms with Gasteiger partial charge in [-0.05, 0) is 24.8 Å². The second-order valence-corrected chi connectivity index (χ2v) is 9.52. The average molecular weight is 548 g/mol. The number of nitrogens with zero attached hydrogens (tertiary/aromatic N) is 4. The van der Waals surface area contributed by atoms with Crippen LogP contribution in [0.2, 0.25) is 4.34 Å². The number of nitrogens with one attached hydrogen (secondary N) is 1. The molecule has 0 radical (unpaired) electrons. The van der Waals surface area contributed by atoms with Crippen molar-refractivity contribution >= 4 is 28.8 Å². The second-order valence-electron chi connectivity index (χ2n) is 7.87. The van der Waals surface area contributed by atoms with E-state index < -0.39 is 41.3 Å². The van der Waals surface area contributed by atoms with Gasteiger partial charge in [0.05, 0.1) is 11.8 Å². The molecule has 1 N–H and O–H groups in total. The second kappa shape index (κ2) is 8.47. The molecular weight excluding hydrogens is 534 g/mol. The summed E-state index contributed by atoms with van der Waals surface area (Å²) < 4.78 is 108. The predicted molar refractivity (Wildman–Crippen MR) is 109 cm³/mol. The van der Waals surface area contributed by atoms with E-state index in [2.05, 4.69) is 15.5 Å². The Hall–Kier alpha value is -2.68. The minimum atomic E-state index is -6.31. The molecule has 0 spiro atoms. The zero-order chi connectivity index (χ0) is 25.9. The molecule has 16 heteroatoms. The van der Waals surface area contributed by atoms with Crippen molar-refractivity contribution in [2.24, 2.45) is 13.0 Å². The Morgan fingerprint density at radius 2 is 1.86 bits per heavy atom. The monoisotopic (exact) mass is 547 g/mol. The van der Waals surface area contributed by atoms with Crippen LogP contribution < -0.4 is 5.32 Å². The maximum atomic E-state index is 13.9. The van der Waals surface area contributed by atoms with Crippen LogP contribution in [0.25, 0.3) is 16.3 Å². The minimum absolute atomic E-state index is 0.102. The maximum Gasteiger partial charge on any atom is 0.459 e. The first-order valence-electron chi connectivity index (χ1n) is 9.83. The molecule has 3 aromatic heterocycles. The van der Waals surface area contributed by atoms with Crippen LogP contribution in [0.4, 0.5) is 35.1 Å². The number of hydrogen-bond acceptors (Lipinski definition) is 4. The number of amides is 1. The number of alkyl halides is 8. The molecule has 0 aromatic carbocycles. The Morgan fingerprint density at radius 1 is 1.20 bits per heavy atom. The molecule has 0 unspecified atom stereocenters. The third kappa shape index (κ3) is 4.75. The van der Waals surface area contributed by atoms with Gasteiger partial charge in [-0.2, -0.15) is 45.3 Å². The summed E-state index contributed by atoms with van der Waals surface area (Å²) in [5.74, 6) is -7.05. The molecule has 0 bridgehead atoms. The lowest BCUT2D eigenvalue weighted by atomic mass is 10.1. The van der Waals surface area contributed by atoms with Gasteiger partial charge in [-0.1, -0.05) is 11.6 Å². The number of carbonyl (C=O) groups excluding carboxylic acids is 1. The van der Waals surface area contributed by atoms with Crippen LogP contribution >= 0.6 is 22.9 Å². The normalized spacial score (nSPS) is 15.0. The van der Waals surface area contributed by atoms with E-state index in [-0.39, 0.29) is 20.1 Å². The van der Waals surface area contributed by atoms with Crippen molar-refractivity contribution in [3.63, 3.8) is 0 Å². The number of halogens is 9. The van der Waals surface area contributed by atoms with Crippen LogP contribution in [-0.2, 0) is 19.1 Å². The minimum Gasteiger partial charge on any atom is -0.352 e. The summed E-state index contributed by atoms with van der Waals surface area (Å²) in [4.78, 5) is 12.7. The number of thiophene rings is 1.